The van der Waals surface area contributed by atoms with Crippen LogP contribution in [0.15, 0.2) is 5.57 Å². The van der Waals surface area contributed by atoms with Crippen molar-refractivity contribution in [3.63, 3.8) is 0 Å². The van der Waals surface area contributed by atoms with Crippen molar-refractivity contribution in [1.29, 1.82) is 10.5 Å². The first-order valence-electron chi connectivity index (χ1n) is 1.42. The van der Waals surface area contributed by atoms with Crippen LogP contribution in [0.1, 0.15) is 0 Å². The molecule has 0 radical (unpaired) electrons. The summed E-state index contributed by atoms with van der Waals surface area (Å²) in [5.74, 6) is 1.40. The van der Waals surface area contributed by atoms with Gasteiger partial charge in [-0.1, -0.05) is 0 Å². The van der Waals surface area contributed by atoms with Crippen molar-refractivity contribution in [2.24, 2.45) is 0 Å². The van der Waals surface area contributed by atoms with Crippen LogP contribution in [0, 0.1) is 22.7 Å². The molecule has 0 aromatic rings. The summed E-state index contributed by atoms with van der Waals surface area (Å²) < 4.78 is 0. The second-order valence-electron chi connectivity index (χ2n) is 0.710. The van der Waals surface area contributed by atoms with E-state index in [0.29, 0.717) is 0 Å². The van der Waals surface area contributed by atoms with E-state index in [4.69, 9.17) is 15.9 Å². The van der Waals surface area contributed by atoms with E-state index in [9.17, 15) is 0 Å². The maximum absolute atomic E-state index is 7.79. The fourth-order valence-electron chi connectivity index (χ4n) is 0.0750. The van der Waals surface area contributed by atoms with Gasteiger partial charge in [-0.15, -0.1) is 0 Å². The Hall–Kier alpha value is 0.0664. The molecule has 8 heavy (non-hydrogen) atoms. The van der Waals surface area contributed by atoms with Crippen LogP contribution < -0.4 is 51.4 Å². The maximum Gasteiger partial charge on any atom is 1.00 e. The number of allylic oxidation sites excluding steroid dienone is 1. The zero-order valence-electron chi connectivity index (χ0n) is 4.34. The van der Waals surface area contributed by atoms with E-state index in [1.54, 1.807) is 0 Å². The summed E-state index contributed by atoms with van der Waals surface area (Å²) in [5.41, 5.74) is -0.403. The van der Waals surface area contributed by atoms with Crippen molar-refractivity contribution < 1.29 is 51.4 Å². The number of rotatable bonds is 0. The van der Waals surface area contributed by atoms with Crippen molar-refractivity contribution in [2.75, 3.05) is 0 Å². The van der Waals surface area contributed by atoms with Gasteiger partial charge in [0, 0.05) is 0 Å². The number of nitriles is 2. The molecule has 0 aliphatic heterocycles. The average Bonchev–Trinajstić information content (AvgIpc) is 1.72. The zero-order valence-corrected chi connectivity index (χ0v) is 7.46. The minimum Gasteiger partial charge on any atom is -0.762 e. The molecule has 32 valence electrons. The molecule has 0 fully saturated rings. The van der Waals surface area contributed by atoms with Gasteiger partial charge in [-0.2, -0.15) is 10.5 Å². The smallest absolute Gasteiger partial charge is 0.762 e. The van der Waals surface area contributed by atoms with Crippen LogP contribution in [0.5, 0.6) is 0 Å². The number of nitrogens with zero attached hydrogens (tertiary/aromatic N) is 3. The first-order chi connectivity index (χ1) is 3.35. The second-order valence-corrected chi connectivity index (χ2v) is 0.710. The standard InChI is InChI=1S/C4N3.K/c5-1-4(2-6)3-7;/q-1;+1. The van der Waals surface area contributed by atoms with Crippen LogP contribution in [0.3, 0.4) is 0 Å². The van der Waals surface area contributed by atoms with Crippen LogP contribution in [-0.2, 0) is 0 Å². The molecule has 0 heterocycles. The molecule has 0 amide bonds. The molecule has 0 aromatic carbocycles. The number of hydrogen-bond donors (Lipinski definition) is 0. The van der Waals surface area contributed by atoms with Gasteiger partial charge in [-0.3, -0.25) is 0 Å². The summed E-state index contributed by atoms with van der Waals surface area (Å²) in [7, 11) is 0. The Kier molecular flexibility index (Phi) is 9.67. The van der Waals surface area contributed by atoms with Gasteiger partial charge in [-0.05, 0) is 0 Å². The summed E-state index contributed by atoms with van der Waals surface area (Å²) in [4.78, 5) is 0. The molecule has 0 aromatic heterocycles. The molecular weight excluding hydrogens is 129 g/mol. The Morgan fingerprint density at radius 2 is 1.62 bits per heavy atom. The first-order valence-corrected chi connectivity index (χ1v) is 1.42. The molecule has 0 N–H and O–H groups in total. The molecule has 0 aliphatic rings. The SMILES string of the molecule is N#CC(=C=[N-])C#N.[K+]. The number of hydrogen-bond acceptors (Lipinski definition) is 2. The van der Waals surface area contributed by atoms with Gasteiger partial charge >= 0.3 is 51.4 Å². The minimum absolute atomic E-state index is 0. The molecule has 4 heteroatoms. The van der Waals surface area contributed by atoms with Crippen LogP contribution in [0.2, 0.25) is 0 Å². The van der Waals surface area contributed by atoms with Gasteiger partial charge < -0.3 is 5.41 Å². The third-order valence-corrected chi connectivity index (χ3v) is 0.335. The molecular formula is C4KN3. The van der Waals surface area contributed by atoms with E-state index in [1.807, 2.05) is 0 Å². The minimum atomic E-state index is -0.403. The van der Waals surface area contributed by atoms with Crippen LogP contribution in [0.4, 0.5) is 0 Å². The van der Waals surface area contributed by atoms with Crippen molar-refractivity contribution >= 4 is 5.87 Å². The molecule has 0 aliphatic carbocycles. The summed E-state index contributed by atoms with van der Waals surface area (Å²) in [6, 6.07) is 2.79. The molecule has 0 spiro atoms. The quantitative estimate of drug-likeness (QED) is 0.201. The Bertz CT molecular complexity index is 172. The molecule has 0 bridgehead atoms. The second kappa shape index (κ2) is 7.07. The van der Waals surface area contributed by atoms with Gasteiger partial charge in [0.15, 0.2) is 0 Å². The predicted molar refractivity (Wildman–Crippen MR) is 23.1 cm³/mol. The van der Waals surface area contributed by atoms with E-state index in [-0.39, 0.29) is 51.4 Å². The fraction of sp³-hybridized carbons (Fsp3) is 0. The summed E-state index contributed by atoms with van der Waals surface area (Å²) in [6.07, 6.45) is 0. The summed E-state index contributed by atoms with van der Waals surface area (Å²) in [5, 5.41) is 23.4. The van der Waals surface area contributed by atoms with Crippen molar-refractivity contribution in [1.82, 2.24) is 0 Å². The van der Waals surface area contributed by atoms with E-state index in [2.05, 4.69) is 0 Å². The third-order valence-electron chi connectivity index (χ3n) is 0.335. The Morgan fingerprint density at radius 3 is 1.62 bits per heavy atom. The third kappa shape index (κ3) is 4.23. The zero-order chi connectivity index (χ0) is 5.70. The molecule has 0 saturated carbocycles. The topological polar surface area (TPSA) is 69.9 Å². The Labute approximate surface area is 89.5 Å². The van der Waals surface area contributed by atoms with Crippen molar-refractivity contribution in [2.45, 2.75) is 0 Å². The van der Waals surface area contributed by atoms with E-state index < -0.39 is 5.57 Å². The summed E-state index contributed by atoms with van der Waals surface area (Å²) in [6.45, 7) is 0. The van der Waals surface area contributed by atoms with E-state index in [0.717, 1.165) is 0 Å². The van der Waals surface area contributed by atoms with Gasteiger partial charge in [0.25, 0.3) is 0 Å². The van der Waals surface area contributed by atoms with E-state index in [1.165, 1.54) is 18.0 Å². The van der Waals surface area contributed by atoms with E-state index >= 15 is 0 Å². The monoisotopic (exact) mass is 129 g/mol. The van der Waals surface area contributed by atoms with Crippen molar-refractivity contribution in [3.05, 3.63) is 11.0 Å². The van der Waals surface area contributed by atoms with Crippen LogP contribution in [-0.4, -0.2) is 5.87 Å². The first kappa shape index (κ1) is 10.9. The Morgan fingerprint density at radius 1 is 1.25 bits per heavy atom. The molecule has 0 unspecified atom stereocenters. The van der Waals surface area contributed by atoms with Crippen LogP contribution >= 0.6 is 0 Å². The Balaban J connectivity index is 0. The molecule has 0 atom stereocenters. The van der Waals surface area contributed by atoms with Crippen molar-refractivity contribution in [3.8, 4) is 12.1 Å². The summed E-state index contributed by atoms with van der Waals surface area (Å²) >= 11 is 0. The van der Waals surface area contributed by atoms with Crippen LogP contribution in [0.25, 0.3) is 5.41 Å². The normalized spacial score (nSPS) is 4.25. The average molecular weight is 129 g/mol. The largest absolute Gasteiger partial charge is 1.00 e. The van der Waals surface area contributed by atoms with Gasteiger partial charge in [0.1, 0.15) is 17.7 Å². The molecule has 0 rings (SSSR count). The maximum atomic E-state index is 7.79. The molecule has 3 nitrogen and oxygen atoms in total. The van der Waals surface area contributed by atoms with Gasteiger partial charge in [0.2, 0.25) is 0 Å². The molecule has 0 saturated heterocycles. The predicted octanol–water partition coefficient (Wildman–Crippen LogP) is -2.80. The fourth-order valence-corrected chi connectivity index (χ4v) is 0.0750. The van der Waals surface area contributed by atoms with Gasteiger partial charge in [-0.25, -0.2) is 5.87 Å². The van der Waals surface area contributed by atoms with Gasteiger partial charge in [0.05, 0.1) is 0 Å².